The number of esters is 1. The quantitative estimate of drug-likeness (QED) is 0.336. The number of carbonyl (C=O) groups excluding carboxylic acids is 1. The first-order valence-electron chi connectivity index (χ1n) is 4.25. The van der Waals surface area contributed by atoms with Crippen LogP contribution in [0.15, 0.2) is 18.2 Å². The van der Waals surface area contributed by atoms with E-state index in [4.69, 9.17) is 0 Å². The summed E-state index contributed by atoms with van der Waals surface area (Å²) in [5.74, 6) is -0.703. The average molecular weight is 257 g/mol. The zero-order chi connectivity index (χ0) is 13.0. The van der Waals surface area contributed by atoms with E-state index in [1.54, 1.807) is 0 Å². The summed E-state index contributed by atoms with van der Waals surface area (Å²) in [5, 5.41) is 11.3. The van der Waals surface area contributed by atoms with Crippen molar-refractivity contribution in [1.29, 1.82) is 0 Å². The van der Waals surface area contributed by atoms with Crippen molar-refractivity contribution in [2.75, 3.05) is 7.11 Å². The molecule has 8 heteroatoms. The van der Waals surface area contributed by atoms with Crippen LogP contribution in [0.3, 0.4) is 0 Å². The summed E-state index contributed by atoms with van der Waals surface area (Å²) < 4.78 is 25.4. The van der Waals surface area contributed by atoms with Gasteiger partial charge >= 0.3 is 5.97 Å². The minimum atomic E-state index is -2.60. The Kier molecular flexibility index (Phi) is 3.94. The molecule has 0 atom stereocenters. The normalized spacial score (nSPS) is 9.47. The summed E-state index contributed by atoms with van der Waals surface area (Å²) in [6, 6.07) is 3.32. The van der Waals surface area contributed by atoms with Gasteiger partial charge in [-0.2, -0.15) is 8.42 Å². The van der Waals surface area contributed by atoms with Crippen molar-refractivity contribution < 1.29 is 22.9 Å². The highest BCUT2D eigenvalue weighted by atomic mass is 32.2. The summed E-state index contributed by atoms with van der Waals surface area (Å²) in [5.41, 5.74) is -0.539. The standard InChI is InChI=1S/C9H7NO6S/c1-16-9(11)6-2-3-8(10(12)13)7(4-6)5-17(14)15/h2-5H,1H3. The topological polar surface area (TPSA) is 104 Å². The van der Waals surface area contributed by atoms with E-state index in [-0.39, 0.29) is 11.1 Å². The summed E-state index contributed by atoms with van der Waals surface area (Å²) in [6.45, 7) is 0. The first kappa shape index (κ1) is 12.8. The predicted octanol–water partition coefficient (Wildman–Crippen LogP) is 0.411. The fourth-order valence-corrected chi connectivity index (χ4v) is 1.56. The number of benzene rings is 1. The number of nitrogens with zero attached hydrogens (tertiary/aromatic N) is 1. The zero-order valence-corrected chi connectivity index (χ0v) is 9.43. The van der Waals surface area contributed by atoms with Crippen molar-refractivity contribution in [3.8, 4) is 0 Å². The number of hydrogen-bond acceptors (Lipinski definition) is 6. The molecule has 0 aliphatic carbocycles. The third-order valence-corrected chi connectivity index (χ3v) is 2.31. The second-order valence-electron chi connectivity index (χ2n) is 2.90. The van der Waals surface area contributed by atoms with E-state index in [0.29, 0.717) is 5.37 Å². The number of rotatable bonds is 3. The molecule has 0 N–H and O–H groups in total. The highest BCUT2D eigenvalue weighted by Gasteiger charge is 2.15. The molecule has 0 amide bonds. The molecule has 1 aromatic rings. The first-order valence-corrected chi connectivity index (χ1v) is 5.39. The second-order valence-corrected chi connectivity index (χ2v) is 3.66. The minimum Gasteiger partial charge on any atom is -0.465 e. The lowest BCUT2D eigenvalue weighted by molar-refractivity contribution is -0.385. The molecule has 0 aliphatic heterocycles. The van der Waals surface area contributed by atoms with Crippen molar-refractivity contribution in [2.45, 2.75) is 0 Å². The monoisotopic (exact) mass is 257 g/mol. The van der Waals surface area contributed by atoms with Crippen LogP contribution in [0.4, 0.5) is 5.69 Å². The van der Waals surface area contributed by atoms with Crippen LogP contribution in [-0.2, 0) is 15.0 Å². The van der Waals surface area contributed by atoms with Crippen molar-refractivity contribution in [3.05, 3.63) is 39.4 Å². The number of ether oxygens (including phenoxy) is 1. The third kappa shape index (κ3) is 3.11. The summed E-state index contributed by atoms with van der Waals surface area (Å²) >= 11 is 0. The Hall–Kier alpha value is -2.22. The summed E-state index contributed by atoms with van der Waals surface area (Å²) in [6.07, 6.45) is 0. The van der Waals surface area contributed by atoms with E-state index in [9.17, 15) is 23.3 Å². The van der Waals surface area contributed by atoms with Gasteiger partial charge in [-0.05, 0) is 12.1 Å². The lowest BCUT2D eigenvalue weighted by Crippen LogP contribution is -2.03. The van der Waals surface area contributed by atoms with E-state index in [1.165, 1.54) is 6.07 Å². The molecule has 0 spiro atoms. The molecule has 1 aromatic carbocycles. The maximum Gasteiger partial charge on any atom is 0.337 e. The maximum absolute atomic E-state index is 11.2. The number of carbonyl (C=O) groups is 1. The fourth-order valence-electron chi connectivity index (χ4n) is 1.16. The van der Waals surface area contributed by atoms with Gasteiger partial charge < -0.3 is 4.74 Å². The van der Waals surface area contributed by atoms with Gasteiger partial charge in [0.15, 0.2) is 0 Å². The molecule has 7 nitrogen and oxygen atoms in total. The molecule has 0 unspecified atom stereocenters. The smallest absolute Gasteiger partial charge is 0.337 e. The predicted molar refractivity (Wildman–Crippen MR) is 58.5 cm³/mol. The molecule has 0 aromatic heterocycles. The third-order valence-electron chi connectivity index (χ3n) is 1.87. The molecule has 0 radical (unpaired) electrons. The van der Waals surface area contributed by atoms with Crippen molar-refractivity contribution in [3.63, 3.8) is 0 Å². The molecule has 0 heterocycles. The Morgan fingerprint density at radius 1 is 1.47 bits per heavy atom. The second kappa shape index (κ2) is 5.21. The number of methoxy groups -OCH3 is 1. The lowest BCUT2D eigenvalue weighted by atomic mass is 10.1. The Morgan fingerprint density at radius 3 is 2.59 bits per heavy atom. The highest BCUT2D eigenvalue weighted by Crippen LogP contribution is 2.18. The Labute approximate surface area is 97.3 Å². The maximum atomic E-state index is 11.2. The van der Waals surface area contributed by atoms with Crippen LogP contribution in [0.1, 0.15) is 15.9 Å². The Bertz CT molecular complexity index is 596. The van der Waals surface area contributed by atoms with Crippen LogP contribution in [0.5, 0.6) is 0 Å². The molecule has 0 bridgehead atoms. The molecule has 0 saturated heterocycles. The van der Waals surface area contributed by atoms with E-state index in [0.717, 1.165) is 19.2 Å². The van der Waals surface area contributed by atoms with Crippen LogP contribution in [0.2, 0.25) is 0 Å². The average Bonchev–Trinajstić information content (AvgIpc) is 2.26. The van der Waals surface area contributed by atoms with Crippen LogP contribution < -0.4 is 0 Å². The first-order chi connectivity index (χ1) is 7.95. The molecular weight excluding hydrogens is 250 g/mol. The van der Waals surface area contributed by atoms with Gasteiger partial charge in [-0.15, -0.1) is 0 Å². The SMILES string of the molecule is COC(=O)c1ccc([N+](=O)[O-])c(C=S(=O)=O)c1. The van der Waals surface area contributed by atoms with Crippen LogP contribution in [-0.4, -0.2) is 31.8 Å². The summed E-state index contributed by atoms with van der Waals surface area (Å²) in [4.78, 5) is 21.1. The van der Waals surface area contributed by atoms with E-state index in [1.807, 2.05) is 0 Å². The Morgan fingerprint density at radius 2 is 2.12 bits per heavy atom. The molecule has 90 valence electrons. The zero-order valence-electron chi connectivity index (χ0n) is 8.61. The van der Waals surface area contributed by atoms with E-state index < -0.39 is 26.9 Å². The van der Waals surface area contributed by atoms with Gasteiger partial charge in [0.05, 0.1) is 28.5 Å². The molecule has 0 saturated carbocycles. The molecular formula is C9H7NO6S. The highest BCUT2D eigenvalue weighted by molar-refractivity contribution is 7.71. The Balaban J connectivity index is 3.44. The van der Waals surface area contributed by atoms with Gasteiger partial charge in [-0.1, -0.05) is 0 Å². The minimum absolute atomic E-state index is 0.0369. The van der Waals surface area contributed by atoms with E-state index in [2.05, 4.69) is 4.74 Å². The molecule has 0 fully saturated rings. The van der Waals surface area contributed by atoms with Crippen molar-refractivity contribution >= 4 is 27.3 Å². The van der Waals surface area contributed by atoms with Crippen LogP contribution in [0.25, 0.3) is 0 Å². The number of hydrogen-bond donors (Lipinski definition) is 0. The molecule has 17 heavy (non-hydrogen) atoms. The van der Waals surface area contributed by atoms with Crippen molar-refractivity contribution in [2.24, 2.45) is 0 Å². The molecule has 0 aliphatic rings. The van der Waals surface area contributed by atoms with E-state index >= 15 is 0 Å². The van der Waals surface area contributed by atoms with Gasteiger partial charge in [0, 0.05) is 6.07 Å². The molecule has 1 rings (SSSR count). The largest absolute Gasteiger partial charge is 0.465 e. The fraction of sp³-hybridized carbons (Fsp3) is 0.111. The van der Waals surface area contributed by atoms with Gasteiger partial charge in [-0.25, -0.2) is 4.79 Å². The van der Waals surface area contributed by atoms with Crippen LogP contribution in [0, 0.1) is 10.1 Å². The van der Waals surface area contributed by atoms with Gasteiger partial charge in [0.25, 0.3) is 5.69 Å². The lowest BCUT2D eigenvalue weighted by Gasteiger charge is -2.00. The van der Waals surface area contributed by atoms with Gasteiger partial charge in [0.1, 0.15) is 0 Å². The summed E-state index contributed by atoms with van der Waals surface area (Å²) in [7, 11) is -1.45. The number of nitro groups is 1. The van der Waals surface area contributed by atoms with Crippen molar-refractivity contribution in [1.82, 2.24) is 0 Å². The number of nitro benzene ring substituents is 1. The van der Waals surface area contributed by atoms with Gasteiger partial charge in [0.2, 0.25) is 10.3 Å². The van der Waals surface area contributed by atoms with Crippen LogP contribution >= 0.6 is 0 Å². The van der Waals surface area contributed by atoms with Gasteiger partial charge in [-0.3, -0.25) is 10.1 Å².